The van der Waals surface area contributed by atoms with E-state index in [0.717, 1.165) is 30.5 Å². The van der Waals surface area contributed by atoms with Crippen LogP contribution < -0.4 is 5.73 Å². The van der Waals surface area contributed by atoms with Crippen LogP contribution in [0.2, 0.25) is 0 Å². The monoisotopic (exact) mass is 300 g/mol. The number of nitrogens with zero attached hydrogens (tertiary/aromatic N) is 1. The van der Waals surface area contributed by atoms with Crippen LogP contribution in [0.25, 0.3) is 0 Å². The van der Waals surface area contributed by atoms with Crippen LogP contribution >= 0.6 is 0 Å². The zero-order valence-electron chi connectivity index (χ0n) is 11.9. The minimum Gasteiger partial charge on any atom is -0.341 e. The van der Waals surface area contributed by atoms with Gasteiger partial charge in [-0.3, -0.25) is 4.79 Å². The predicted molar refractivity (Wildman–Crippen MR) is 73.6 cm³/mol. The van der Waals surface area contributed by atoms with Gasteiger partial charge in [-0.1, -0.05) is 12.1 Å². The van der Waals surface area contributed by atoms with Gasteiger partial charge in [0.2, 0.25) is 5.91 Å². The first kappa shape index (κ1) is 15.8. The van der Waals surface area contributed by atoms with Crippen molar-refractivity contribution in [3.05, 3.63) is 35.4 Å². The minimum absolute atomic E-state index is 0.0686. The molecule has 0 unspecified atom stereocenters. The van der Waals surface area contributed by atoms with Crippen LogP contribution in [-0.4, -0.2) is 29.9 Å². The summed E-state index contributed by atoms with van der Waals surface area (Å²) < 4.78 is 37.6. The average Bonchev–Trinajstić information content (AvgIpc) is 2.46. The number of carbonyl (C=O) groups excluding carboxylic acids is 1. The molecule has 0 aromatic heterocycles. The lowest BCUT2D eigenvalue weighted by Crippen LogP contribution is -2.45. The standard InChI is InChI=1S/C15H19F3N2O/c1-10(19)14(21)20-8-6-12(7-9-20)11-2-4-13(5-3-11)15(16,17)18/h2-5,10,12H,6-9,19H2,1H3/t10-/m1/s1. The van der Waals surface area contributed by atoms with E-state index in [9.17, 15) is 18.0 Å². The molecule has 1 aliphatic rings. The van der Waals surface area contributed by atoms with Gasteiger partial charge in [0.25, 0.3) is 0 Å². The summed E-state index contributed by atoms with van der Waals surface area (Å²) in [4.78, 5) is 13.5. The molecule has 1 aromatic carbocycles. The Balaban J connectivity index is 1.98. The van der Waals surface area contributed by atoms with Crippen molar-refractivity contribution in [2.24, 2.45) is 5.73 Å². The molecule has 0 aliphatic carbocycles. The van der Waals surface area contributed by atoms with E-state index in [4.69, 9.17) is 5.73 Å². The summed E-state index contributed by atoms with van der Waals surface area (Å²) in [7, 11) is 0. The number of piperidine rings is 1. The number of likely N-dealkylation sites (tertiary alicyclic amines) is 1. The molecule has 6 heteroatoms. The lowest BCUT2D eigenvalue weighted by molar-refractivity contribution is -0.137. The van der Waals surface area contributed by atoms with E-state index in [0.29, 0.717) is 13.1 Å². The van der Waals surface area contributed by atoms with Gasteiger partial charge in [-0.25, -0.2) is 0 Å². The van der Waals surface area contributed by atoms with E-state index < -0.39 is 17.8 Å². The quantitative estimate of drug-likeness (QED) is 0.913. The van der Waals surface area contributed by atoms with E-state index in [2.05, 4.69) is 0 Å². The number of hydrogen-bond acceptors (Lipinski definition) is 2. The van der Waals surface area contributed by atoms with E-state index in [1.807, 2.05) is 0 Å². The number of benzene rings is 1. The molecule has 0 saturated carbocycles. The normalized spacial score (nSPS) is 18.6. The zero-order valence-corrected chi connectivity index (χ0v) is 11.9. The summed E-state index contributed by atoms with van der Waals surface area (Å²) in [6, 6.07) is 4.81. The lowest BCUT2D eigenvalue weighted by Gasteiger charge is -2.33. The molecule has 1 heterocycles. The van der Waals surface area contributed by atoms with Crippen molar-refractivity contribution in [1.29, 1.82) is 0 Å². The Bertz CT molecular complexity index is 489. The topological polar surface area (TPSA) is 46.3 Å². The lowest BCUT2D eigenvalue weighted by atomic mass is 9.89. The van der Waals surface area contributed by atoms with Gasteiger partial charge in [-0.05, 0) is 43.4 Å². The second-order valence-corrected chi connectivity index (χ2v) is 5.51. The highest BCUT2D eigenvalue weighted by Crippen LogP contribution is 2.32. The predicted octanol–water partition coefficient (Wildman–Crippen LogP) is 2.76. The fraction of sp³-hybridized carbons (Fsp3) is 0.533. The summed E-state index contributed by atoms with van der Waals surface area (Å²) in [5, 5.41) is 0. The molecule has 1 saturated heterocycles. The first-order valence-corrected chi connectivity index (χ1v) is 7.00. The Kier molecular flexibility index (Phi) is 4.56. The highest BCUT2D eigenvalue weighted by molar-refractivity contribution is 5.81. The molecule has 1 fully saturated rings. The van der Waals surface area contributed by atoms with Crippen LogP contribution in [0.4, 0.5) is 13.2 Å². The molecule has 1 atom stereocenters. The minimum atomic E-state index is -4.30. The SMILES string of the molecule is C[C@@H](N)C(=O)N1CCC(c2ccc(C(F)(F)F)cc2)CC1. The highest BCUT2D eigenvalue weighted by Gasteiger charge is 2.31. The molecule has 1 aromatic rings. The molecule has 116 valence electrons. The van der Waals surface area contributed by atoms with E-state index in [1.54, 1.807) is 11.8 Å². The second kappa shape index (κ2) is 6.05. The van der Waals surface area contributed by atoms with Gasteiger partial charge in [0.15, 0.2) is 0 Å². The number of alkyl halides is 3. The largest absolute Gasteiger partial charge is 0.416 e. The summed E-state index contributed by atoms with van der Waals surface area (Å²) >= 11 is 0. The van der Waals surface area contributed by atoms with Gasteiger partial charge in [-0.2, -0.15) is 13.2 Å². The first-order chi connectivity index (χ1) is 9.79. The maximum Gasteiger partial charge on any atom is 0.416 e. The summed E-state index contributed by atoms with van der Waals surface area (Å²) in [5.74, 6) is 0.130. The molecule has 3 nitrogen and oxygen atoms in total. The maximum absolute atomic E-state index is 12.5. The summed E-state index contributed by atoms with van der Waals surface area (Å²) in [6.07, 6.45) is -2.79. The van der Waals surface area contributed by atoms with Gasteiger partial charge in [0.1, 0.15) is 0 Å². The van der Waals surface area contributed by atoms with Crippen LogP contribution in [0.3, 0.4) is 0 Å². The molecule has 1 aliphatic heterocycles. The molecule has 0 bridgehead atoms. The van der Waals surface area contributed by atoms with Crippen LogP contribution in [-0.2, 0) is 11.0 Å². The fourth-order valence-electron chi connectivity index (χ4n) is 2.67. The fourth-order valence-corrected chi connectivity index (χ4v) is 2.67. The van der Waals surface area contributed by atoms with Gasteiger partial charge in [0.05, 0.1) is 11.6 Å². The number of amides is 1. The van der Waals surface area contributed by atoms with Crippen molar-refractivity contribution >= 4 is 5.91 Å². The molecular formula is C15H19F3N2O. The van der Waals surface area contributed by atoms with E-state index in [1.165, 1.54) is 12.1 Å². The van der Waals surface area contributed by atoms with Crippen molar-refractivity contribution in [2.75, 3.05) is 13.1 Å². The van der Waals surface area contributed by atoms with Crippen molar-refractivity contribution in [1.82, 2.24) is 4.90 Å². The molecule has 21 heavy (non-hydrogen) atoms. The zero-order chi connectivity index (χ0) is 15.6. The Hall–Kier alpha value is -1.56. The van der Waals surface area contributed by atoms with Gasteiger partial charge >= 0.3 is 6.18 Å². The molecular weight excluding hydrogens is 281 g/mol. The Morgan fingerprint density at radius 2 is 1.76 bits per heavy atom. The van der Waals surface area contributed by atoms with Crippen molar-refractivity contribution in [2.45, 2.75) is 37.9 Å². The molecule has 2 rings (SSSR count). The molecule has 0 spiro atoms. The van der Waals surface area contributed by atoms with Crippen molar-refractivity contribution < 1.29 is 18.0 Å². The van der Waals surface area contributed by atoms with Gasteiger partial charge < -0.3 is 10.6 Å². The smallest absolute Gasteiger partial charge is 0.341 e. The third kappa shape index (κ3) is 3.75. The van der Waals surface area contributed by atoms with Gasteiger partial charge in [-0.15, -0.1) is 0 Å². The van der Waals surface area contributed by atoms with Crippen LogP contribution in [0, 0.1) is 0 Å². The molecule has 1 amide bonds. The number of nitrogens with two attached hydrogens (primary N) is 1. The highest BCUT2D eigenvalue weighted by atomic mass is 19.4. The average molecular weight is 300 g/mol. The number of carbonyl (C=O) groups is 1. The van der Waals surface area contributed by atoms with Crippen LogP contribution in [0.5, 0.6) is 0 Å². The second-order valence-electron chi connectivity index (χ2n) is 5.51. The van der Waals surface area contributed by atoms with Crippen molar-refractivity contribution in [3.63, 3.8) is 0 Å². The molecule has 2 N–H and O–H groups in total. The first-order valence-electron chi connectivity index (χ1n) is 7.00. The van der Waals surface area contributed by atoms with E-state index in [-0.39, 0.29) is 11.8 Å². The van der Waals surface area contributed by atoms with E-state index >= 15 is 0 Å². The third-order valence-electron chi connectivity index (χ3n) is 3.91. The number of halogens is 3. The Morgan fingerprint density at radius 1 is 1.24 bits per heavy atom. The maximum atomic E-state index is 12.5. The number of rotatable bonds is 2. The van der Waals surface area contributed by atoms with Crippen LogP contribution in [0.15, 0.2) is 24.3 Å². The molecule has 0 radical (unpaired) electrons. The van der Waals surface area contributed by atoms with Crippen LogP contribution in [0.1, 0.15) is 36.8 Å². The Morgan fingerprint density at radius 3 is 2.19 bits per heavy atom. The number of hydrogen-bond donors (Lipinski definition) is 1. The summed E-state index contributed by atoms with van der Waals surface area (Å²) in [5.41, 5.74) is 5.84. The summed E-state index contributed by atoms with van der Waals surface area (Å²) in [6.45, 7) is 2.86. The van der Waals surface area contributed by atoms with Gasteiger partial charge in [0, 0.05) is 13.1 Å². The Labute approximate surface area is 121 Å². The van der Waals surface area contributed by atoms with Crippen molar-refractivity contribution in [3.8, 4) is 0 Å². The third-order valence-corrected chi connectivity index (χ3v) is 3.91.